The molecule has 0 spiro atoms. The third-order valence-corrected chi connectivity index (χ3v) is 8.09. The van der Waals surface area contributed by atoms with Crippen LogP contribution in [-0.2, 0) is 10.9 Å². The highest BCUT2D eigenvalue weighted by Crippen LogP contribution is 2.40. The molecule has 0 radical (unpaired) electrons. The fraction of sp³-hybridized carbons (Fsp3) is 0.556. The molecule has 2 unspecified atom stereocenters. The number of hydrogen-bond donors (Lipinski definition) is 1. The molecule has 210 valence electrons. The number of anilines is 1. The molecule has 2 aliphatic heterocycles. The lowest BCUT2D eigenvalue weighted by atomic mass is 9.74. The summed E-state index contributed by atoms with van der Waals surface area (Å²) in [5.74, 6) is -2.48. The fourth-order valence-electron chi connectivity index (χ4n) is 5.94. The molecule has 2 aromatic heterocycles. The molecule has 4 heterocycles. The van der Waals surface area contributed by atoms with E-state index in [0.29, 0.717) is 51.4 Å². The van der Waals surface area contributed by atoms with Crippen molar-refractivity contribution in [2.24, 2.45) is 5.92 Å². The first-order valence-corrected chi connectivity index (χ1v) is 13.2. The molecule has 39 heavy (non-hydrogen) atoms. The van der Waals surface area contributed by atoms with Gasteiger partial charge in [0.15, 0.2) is 17.2 Å². The summed E-state index contributed by atoms with van der Waals surface area (Å²) in [6.45, 7) is 6.87. The van der Waals surface area contributed by atoms with E-state index < -0.39 is 29.2 Å². The topological polar surface area (TPSA) is 87.7 Å². The van der Waals surface area contributed by atoms with E-state index >= 15 is 0 Å². The summed E-state index contributed by atoms with van der Waals surface area (Å²) in [6.07, 6.45) is -0.631. The highest BCUT2D eigenvalue weighted by molar-refractivity contribution is 5.99. The number of pyridine rings is 2. The molecule has 0 aromatic carbocycles. The Labute approximate surface area is 223 Å². The van der Waals surface area contributed by atoms with Crippen LogP contribution in [0.15, 0.2) is 24.5 Å². The Morgan fingerprint density at radius 3 is 2.79 bits per heavy atom. The minimum absolute atomic E-state index is 0.0185. The molecule has 8 nitrogen and oxygen atoms in total. The second kappa shape index (κ2) is 10.7. The molecule has 0 bridgehead atoms. The summed E-state index contributed by atoms with van der Waals surface area (Å²) >= 11 is 0. The van der Waals surface area contributed by atoms with Gasteiger partial charge in [-0.25, -0.2) is 14.4 Å². The quantitative estimate of drug-likeness (QED) is 0.580. The Morgan fingerprint density at radius 2 is 2.05 bits per heavy atom. The average Bonchev–Trinajstić information content (AvgIpc) is 3.03. The number of nitrogens with one attached hydrogen (secondary N) is 1. The largest absolute Gasteiger partial charge is 0.436 e. The normalized spacial score (nSPS) is 25.5. The maximum Gasteiger partial charge on any atom is 0.436 e. The van der Waals surface area contributed by atoms with E-state index in [4.69, 9.17) is 4.74 Å². The zero-order chi connectivity index (χ0) is 27.9. The van der Waals surface area contributed by atoms with Crippen molar-refractivity contribution in [3.8, 4) is 0 Å². The van der Waals surface area contributed by atoms with Crippen LogP contribution in [-0.4, -0.2) is 71.6 Å². The minimum atomic E-state index is -5.00. The number of morpholine rings is 1. The first-order chi connectivity index (χ1) is 18.6. The Kier molecular flexibility index (Phi) is 7.49. The summed E-state index contributed by atoms with van der Waals surface area (Å²) in [5.41, 5.74) is -0.279. The van der Waals surface area contributed by atoms with Crippen molar-refractivity contribution in [2.75, 3.05) is 37.7 Å². The van der Waals surface area contributed by atoms with Crippen LogP contribution in [0.2, 0.25) is 0 Å². The first kappa shape index (κ1) is 27.3. The third-order valence-electron chi connectivity index (χ3n) is 8.09. The number of ether oxygens (including phenoxy) is 1. The maximum atomic E-state index is 14.5. The molecule has 2 amide bonds. The van der Waals surface area contributed by atoms with Gasteiger partial charge in [-0.1, -0.05) is 6.92 Å². The lowest BCUT2D eigenvalue weighted by Gasteiger charge is -2.38. The number of hydrogen-bond acceptors (Lipinski definition) is 6. The van der Waals surface area contributed by atoms with Crippen molar-refractivity contribution in [1.82, 2.24) is 20.2 Å². The van der Waals surface area contributed by atoms with Gasteiger partial charge in [0.2, 0.25) is 0 Å². The molecule has 1 saturated carbocycles. The van der Waals surface area contributed by atoms with Crippen LogP contribution < -0.4 is 10.2 Å². The third kappa shape index (κ3) is 5.30. The van der Waals surface area contributed by atoms with Crippen LogP contribution in [0.5, 0.6) is 0 Å². The molecule has 4 atom stereocenters. The predicted octanol–water partition coefficient (Wildman–Crippen LogP) is 4.02. The molecular weight excluding hydrogens is 518 g/mol. The monoisotopic (exact) mass is 549 g/mol. The van der Waals surface area contributed by atoms with Crippen molar-refractivity contribution in [3.63, 3.8) is 0 Å². The molecule has 5 rings (SSSR count). The first-order valence-electron chi connectivity index (χ1n) is 13.2. The number of alkyl halides is 3. The number of amides is 2. The van der Waals surface area contributed by atoms with E-state index in [0.717, 1.165) is 29.9 Å². The predicted molar refractivity (Wildman–Crippen MR) is 134 cm³/mol. The SMILES string of the molecule is CCN1C[C@@H]2COCCN2c2cc(C3CC(NC(=O)c4ccnc(C(F)(F)F)c4F)CC[C@@H]3C)cnc2C1=O. The van der Waals surface area contributed by atoms with Crippen LogP contribution in [0.25, 0.3) is 0 Å². The Balaban J connectivity index is 1.39. The average molecular weight is 550 g/mol. The Hall–Kier alpha value is -3.28. The van der Waals surface area contributed by atoms with Crippen molar-refractivity contribution in [2.45, 2.75) is 57.3 Å². The number of carbonyl (C=O) groups excluding carboxylic acids is 2. The summed E-state index contributed by atoms with van der Waals surface area (Å²) in [4.78, 5) is 37.7. The van der Waals surface area contributed by atoms with Crippen LogP contribution in [0.1, 0.15) is 71.1 Å². The van der Waals surface area contributed by atoms with Gasteiger partial charge in [-0.15, -0.1) is 0 Å². The van der Waals surface area contributed by atoms with Gasteiger partial charge in [0.05, 0.1) is 30.5 Å². The molecule has 3 aliphatic rings. The van der Waals surface area contributed by atoms with Crippen molar-refractivity contribution >= 4 is 17.5 Å². The van der Waals surface area contributed by atoms with Gasteiger partial charge < -0.3 is 19.9 Å². The highest BCUT2D eigenvalue weighted by atomic mass is 19.4. The number of fused-ring (bicyclic) bond motifs is 3. The lowest BCUT2D eigenvalue weighted by Crippen LogP contribution is -2.50. The van der Waals surface area contributed by atoms with Gasteiger partial charge in [0.25, 0.3) is 11.8 Å². The zero-order valence-electron chi connectivity index (χ0n) is 21.8. The second-order valence-corrected chi connectivity index (χ2v) is 10.5. The molecule has 12 heteroatoms. The maximum absolute atomic E-state index is 14.5. The van der Waals surface area contributed by atoms with E-state index in [1.807, 2.05) is 13.0 Å². The van der Waals surface area contributed by atoms with Crippen molar-refractivity contribution in [3.05, 3.63) is 52.9 Å². The van der Waals surface area contributed by atoms with Gasteiger partial charge in [0, 0.05) is 38.1 Å². The van der Waals surface area contributed by atoms with Gasteiger partial charge in [-0.05, 0) is 55.7 Å². The van der Waals surface area contributed by atoms with Crippen molar-refractivity contribution < 1.29 is 31.9 Å². The molecule has 2 fully saturated rings. The zero-order valence-corrected chi connectivity index (χ0v) is 21.8. The number of aromatic nitrogens is 2. The van der Waals surface area contributed by atoms with E-state index in [-0.39, 0.29) is 29.8 Å². The van der Waals surface area contributed by atoms with Crippen LogP contribution in [0.4, 0.5) is 23.2 Å². The number of nitrogens with zero attached hydrogens (tertiary/aromatic N) is 4. The van der Waals surface area contributed by atoms with Crippen LogP contribution in [0.3, 0.4) is 0 Å². The smallest absolute Gasteiger partial charge is 0.377 e. The second-order valence-electron chi connectivity index (χ2n) is 10.5. The molecule has 1 saturated heterocycles. The number of rotatable bonds is 4. The number of halogens is 4. The Bertz CT molecular complexity index is 1260. The Morgan fingerprint density at radius 1 is 1.26 bits per heavy atom. The van der Waals surface area contributed by atoms with E-state index in [9.17, 15) is 27.2 Å². The lowest BCUT2D eigenvalue weighted by molar-refractivity contribution is -0.143. The molecule has 1 aliphatic carbocycles. The van der Waals surface area contributed by atoms with E-state index in [1.165, 1.54) is 0 Å². The number of likely N-dealkylation sites (N-methyl/N-ethyl adjacent to an activating group) is 1. The highest BCUT2D eigenvalue weighted by Gasteiger charge is 2.39. The van der Waals surface area contributed by atoms with E-state index in [1.54, 1.807) is 11.1 Å². The van der Waals surface area contributed by atoms with Gasteiger partial charge >= 0.3 is 6.18 Å². The summed E-state index contributed by atoms with van der Waals surface area (Å²) in [7, 11) is 0. The minimum Gasteiger partial charge on any atom is -0.377 e. The fourth-order valence-corrected chi connectivity index (χ4v) is 5.94. The van der Waals surface area contributed by atoms with Crippen LogP contribution in [0, 0.1) is 11.7 Å². The standard InChI is InChI=1S/C27H31F4N5O3/c1-3-35-13-18-14-39-9-8-36(18)21-10-16(12-33-23(21)26(35)38)20-11-17(5-4-15(20)2)34-25(37)19-6-7-32-24(22(19)28)27(29,30)31/h6-7,10,12,15,17-18,20H,3-5,8-9,11,13-14H2,1-2H3,(H,34,37)/t15-,17?,18+,20?/m0/s1. The van der Waals surface area contributed by atoms with Crippen molar-refractivity contribution in [1.29, 1.82) is 0 Å². The van der Waals surface area contributed by atoms with Crippen LogP contribution >= 0.6 is 0 Å². The van der Waals surface area contributed by atoms with Gasteiger partial charge in [0.1, 0.15) is 0 Å². The summed E-state index contributed by atoms with van der Waals surface area (Å²) in [5, 5.41) is 2.73. The van der Waals surface area contributed by atoms with E-state index in [2.05, 4.69) is 27.1 Å². The molecule has 1 N–H and O–H groups in total. The molecule has 2 aromatic rings. The van der Waals surface area contributed by atoms with Gasteiger partial charge in [-0.2, -0.15) is 13.2 Å². The summed E-state index contributed by atoms with van der Waals surface area (Å²) < 4.78 is 59.4. The van der Waals surface area contributed by atoms with Gasteiger partial charge in [-0.3, -0.25) is 9.59 Å². The number of carbonyl (C=O) groups is 2. The summed E-state index contributed by atoms with van der Waals surface area (Å²) in [6, 6.07) is 2.62. The molecular formula is C27H31F4N5O3.